The molecule has 0 saturated carbocycles. The summed E-state index contributed by atoms with van der Waals surface area (Å²) in [5.41, 5.74) is 3.64. The van der Waals surface area contributed by atoms with Gasteiger partial charge in [-0.15, -0.1) is 0 Å². The molecule has 1 fully saturated rings. The number of rotatable bonds is 7. The normalized spacial score (nSPS) is 16.1. The van der Waals surface area contributed by atoms with Crippen molar-refractivity contribution < 1.29 is 22.7 Å². The van der Waals surface area contributed by atoms with Gasteiger partial charge in [-0.3, -0.25) is 9.69 Å². The molecule has 3 aromatic carbocycles. The number of amides is 1. The van der Waals surface area contributed by atoms with E-state index < -0.39 is 10.0 Å². The van der Waals surface area contributed by atoms with Crippen molar-refractivity contribution in [3.05, 3.63) is 89.0 Å². The number of sulfonamides is 1. The quantitative estimate of drug-likeness (QED) is 0.529. The van der Waals surface area contributed by atoms with Gasteiger partial charge in [-0.1, -0.05) is 35.9 Å². The molecule has 2 heterocycles. The Morgan fingerprint density at radius 3 is 2.25 bits per heavy atom. The number of hydrogen-bond donors (Lipinski definition) is 1. The second-order valence-electron chi connectivity index (χ2n) is 9.06. The molecular formula is C27H29N3O5S. The van der Waals surface area contributed by atoms with Crippen LogP contribution in [-0.4, -0.2) is 56.5 Å². The second kappa shape index (κ2) is 10.3. The minimum Gasteiger partial charge on any atom is -0.454 e. The number of nitrogens with one attached hydrogen (secondary N) is 1. The van der Waals surface area contributed by atoms with Crippen LogP contribution in [-0.2, 0) is 23.1 Å². The maximum Gasteiger partial charge on any atom is 0.251 e. The molecule has 2 aliphatic heterocycles. The maximum absolute atomic E-state index is 12.9. The van der Waals surface area contributed by atoms with E-state index in [1.807, 2.05) is 61.5 Å². The Morgan fingerprint density at radius 1 is 0.861 bits per heavy atom. The van der Waals surface area contributed by atoms with Crippen LogP contribution in [0.4, 0.5) is 0 Å². The molecular weight excluding hydrogens is 478 g/mol. The molecule has 5 rings (SSSR count). The van der Waals surface area contributed by atoms with Crippen molar-refractivity contribution in [3.8, 4) is 11.5 Å². The van der Waals surface area contributed by atoms with E-state index in [1.54, 1.807) is 16.4 Å². The summed E-state index contributed by atoms with van der Waals surface area (Å²) in [7, 11) is -3.47. The fraction of sp³-hybridized carbons (Fsp3) is 0.296. The molecule has 188 valence electrons. The summed E-state index contributed by atoms with van der Waals surface area (Å²) in [6.45, 7) is 5.48. The van der Waals surface area contributed by atoms with Gasteiger partial charge >= 0.3 is 0 Å². The van der Waals surface area contributed by atoms with Crippen molar-refractivity contribution in [2.24, 2.45) is 0 Å². The van der Waals surface area contributed by atoms with Crippen LogP contribution in [0.3, 0.4) is 0 Å². The lowest BCUT2D eigenvalue weighted by molar-refractivity contribution is 0.0950. The third-order valence-electron chi connectivity index (χ3n) is 6.50. The van der Waals surface area contributed by atoms with E-state index in [0.717, 1.165) is 22.4 Å². The van der Waals surface area contributed by atoms with E-state index in [0.29, 0.717) is 55.5 Å². The van der Waals surface area contributed by atoms with Gasteiger partial charge in [0.05, 0.1) is 4.90 Å². The van der Waals surface area contributed by atoms with Crippen LogP contribution >= 0.6 is 0 Å². The molecule has 0 unspecified atom stereocenters. The number of aryl methyl sites for hydroxylation is 1. The van der Waals surface area contributed by atoms with Crippen LogP contribution in [0.5, 0.6) is 11.5 Å². The van der Waals surface area contributed by atoms with Crippen LogP contribution in [0.25, 0.3) is 0 Å². The monoisotopic (exact) mass is 507 g/mol. The SMILES string of the molecule is Cc1ccc(S(=O)(=O)N2CCN(Cc3ccc(C(=O)NCc4ccc5c(c4)OCO5)cc3)CC2)cc1. The lowest BCUT2D eigenvalue weighted by atomic mass is 10.1. The first-order valence-corrected chi connectivity index (χ1v) is 13.4. The van der Waals surface area contributed by atoms with Crippen molar-refractivity contribution in [1.82, 2.24) is 14.5 Å². The highest BCUT2D eigenvalue weighted by Gasteiger charge is 2.28. The Balaban J connectivity index is 1.11. The molecule has 9 heteroatoms. The lowest BCUT2D eigenvalue weighted by Gasteiger charge is -2.34. The third kappa shape index (κ3) is 5.38. The van der Waals surface area contributed by atoms with Crippen LogP contribution in [0.1, 0.15) is 27.0 Å². The van der Waals surface area contributed by atoms with Crippen LogP contribution < -0.4 is 14.8 Å². The maximum atomic E-state index is 12.9. The van der Waals surface area contributed by atoms with Crippen molar-refractivity contribution in [1.29, 1.82) is 0 Å². The summed E-state index contributed by atoms with van der Waals surface area (Å²) >= 11 is 0. The summed E-state index contributed by atoms with van der Waals surface area (Å²) in [5.74, 6) is 1.27. The van der Waals surface area contributed by atoms with Gasteiger partial charge < -0.3 is 14.8 Å². The summed E-state index contributed by atoms with van der Waals surface area (Å²) in [6, 6.07) is 20.2. The Kier molecular flexibility index (Phi) is 6.95. The average molecular weight is 508 g/mol. The van der Waals surface area contributed by atoms with E-state index in [1.165, 1.54) is 0 Å². The van der Waals surface area contributed by atoms with Crippen LogP contribution in [0.2, 0.25) is 0 Å². The summed E-state index contributed by atoms with van der Waals surface area (Å²) in [4.78, 5) is 15.2. The largest absolute Gasteiger partial charge is 0.454 e. The average Bonchev–Trinajstić information content (AvgIpc) is 3.36. The number of piperazine rings is 1. The minimum atomic E-state index is -3.47. The molecule has 2 aliphatic rings. The Hall–Kier alpha value is -3.40. The molecule has 0 radical (unpaired) electrons. The number of ether oxygens (including phenoxy) is 2. The summed E-state index contributed by atoms with van der Waals surface area (Å²) in [6.07, 6.45) is 0. The van der Waals surface area contributed by atoms with Crippen LogP contribution in [0.15, 0.2) is 71.6 Å². The molecule has 1 amide bonds. The Morgan fingerprint density at radius 2 is 1.53 bits per heavy atom. The first-order chi connectivity index (χ1) is 17.4. The highest BCUT2D eigenvalue weighted by molar-refractivity contribution is 7.89. The summed E-state index contributed by atoms with van der Waals surface area (Å²) < 4.78 is 38.1. The number of carbonyl (C=O) groups is 1. The molecule has 3 aromatic rings. The van der Waals surface area contributed by atoms with Crippen molar-refractivity contribution in [3.63, 3.8) is 0 Å². The van der Waals surface area contributed by atoms with E-state index in [9.17, 15) is 13.2 Å². The van der Waals surface area contributed by atoms with Gasteiger partial charge in [-0.05, 0) is 54.4 Å². The topological polar surface area (TPSA) is 88.2 Å². The molecule has 1 N–H and O–H groups in total. The first kappa shape index (κ1) is 24.3. The van der Waals surface area contributed by atoms with Gasteiger partial charge in [-0.25, -0.2) is 8.42 Å². The number of benzene rings is 3. The van der Waals surface area contributed by atoms with Gasteiger partial charge in [0.1, 0.15) is 0 Å². The number of fused-ring (bicyclic) bond motifs is 1. The van der Waals surface area contributed by atoms with Gasteiger partial charge in [0.2, 0.25) is 16.8 Å². The molecule has 36 heavy (non-hydrogen) atoms. The molecule has 0 aliphatic carbocycles. The zero-order valence-electron chi connectivity index (χ0n) is 20.1. The molecule has 8 nitrogen and oxygen atoms in total. The van der Waals surface area contributed by atoms with E-state index in [-0.39, 0.29) is 12.7 Å². The van der Waals surface area contributed by atoms with E-state index in [4.69, 9.17) is 9.47 Å². The highest BCUT2D eigenvalue weighted by atomic mass is 32.2. The Labute approximate surface area is 211 Å². The Bertz CT molecular complexity index is 1330. The summed E-state index contributed by atoms with van der Waals surface area (Å²) in [5, 5.41) is 2.93. The fourth-order valence-corrected chi connectivity index (χ4v) is 5.76. The number of hydrogen-bond acceptors (Lipinski definition) is 6. The van der Waals surface area contributed by atoms with E-state index in [2.05, 4.69) is 10.2 Å². The second-order valence-corrected chi connectivity index (χ2v) is 11.0. The van der Waals surface area contributed by atoms with Crippen molar-refractivity contribution in [2.75, 3.05) is 33.0 Å². The first-order valence-electron chi connectivity index (χ1n) is 11.9. The number of carbonyl (C=O) groups excluding carboxylic acids is 1. The lowest BCUT2D eigenvalue weighted by Crippen LogP contribution is -2.48. The fourth-order valence-electron chi connectivity index (χ4n) is 4.34. The van der Waals surface area contributed by atoms with Crippen molar-refractivity contribution in [2.45, 2.75) is 24.9 Å². The van der Waals surface area contributed by atoms with Crippen LogP contribution in [0, 0.1) is 6.92 Å². The molecule has 1 saturated heterocycles. The predicted octanol–water partition coefficient (Wildman–Crippen LogP) is 3.16. The molecule has 0 atom stereocenters. The number of nitrogens with zero attached hydrogens (tertiary/aromatic N) is 2. The van der Waals surface area contributed by atoms with Crippen molar-refractivity contribution >= 4 is 15.9 Å². The van der Waals surface area contributed by atoms with Gasteiger partial charge in [0, 0.05) is 44.8 Å². The van der Waals surface area contributed by atoms with E-state index >= 15 is 0 Å². The molecule has 0 bridgehead atoms. The minimum absolute atomic E-state index is 0.144. The highest BCUT2D eigenvalue weighted by Crippen LogP contribution is 2.32. The third-order valence-corrected chi connectivity index (χ3v) is 8.42. The predicted molar refractivity (Wildman–Crippen MR) is 135 cm³/mol. The molecule has 0 spiro atoms. The standard InChI is InChI=1S/C27H29N3O5S/c1-20-2-9-24(10-3-20)36(32,33)30-14-12-29(13-15-30)18-21-4-7-23(8-5-21)27(31)28-17-22-6-11-25-26(16-22)35-19-34-25/h2-11,16H,12-15,17-19H2,1H3,(H,28,31). The van der Waals surface area contributed by atoms with Gasteiger partial charge in [0.15, 0.2) is 11.5 Å². The smallest absolute Gasteiger partial charge is 0.251 e. The zero-order valence-corrected chi connectivity index (χ0v) is 21.0. The zero-order chi connectivity index (χ0) is 25.1. The molecule has 0 aromatic heterocycles. The van der Waals surface area contributed by atoms with Gasteiger partial charge in [-0.2, -0.15) is 4.31 Å². The van der Waals surface area contributed by atoms with Gasteiger partial charge in [0.25, 0.3) is 5.91 Å².